The first-order valence-corrected chi connectivity index (χ1v) is 8.72. The lowest BCUT2D eigenvalue weighted by atomic mass is 10.3. The van der Waals surface area contributed by atoms with Crippen molar-refractivity contribution in [3.05, 3.63) is 16.1 Å². The van der Waals surface area contributed by atoms with Crippen molar-refractivity contribution in [3.8, 4) is 10.6 Å². The van der Waals surface area contributed by atoms with Gasteiger partial charge in [0.15, 0.2) is 5.13 Å². The maximum Gasteiger partial charge on any atom is 0.240 e. The van der Waals surface area contributed by atoms with Gasteiger partial charge in [-0.15, -0.1) is 35.1 Å². The van der Waals surface area contributed by atoms with Crippen molar-refractivity contribution in [1.29, 1.82) is 0 Å². The molecule has 2 heterocycles. The van der Waals surface area contributed by atoms with Crippen molar-refractivity contribution in [2.24, 2.45) is 5.92 Å². The zero-order valence-corrected chi connectivity index (χ0v) is 15.0. The largest absolute Gasteiger partial charge is 0.308 e. The summed E-state index contributed by atoms with van der Waals surface area (Å²) in [5.41, 5.74) is 1.89. The summed E-state index contributed by atoms with van der Waals surface area (Å²) in [6.07, 6.45) is 2.58. The number of nitrogens with zero attached hydrogens (tertiary/aromatic N) is 2. The fraction of sp³-hybridized carbons (Fsp3) is 0.500. The molecule has 22 heavy (non-hydrogen) atoms. The number of aryl methyl sites for hydroxylation is 2. The van der Waals surface area contributed by atoms with Crippen LogP contribution in [0.4, 0.5) is 5.13 Å². The Morgan fingerprint density at radius 2 is 2.14 bits per heavy atom. The van der Waals surface area contributed by atoms with Crippen LogP contribution in [0.25, 0.3) is 10.6 Å². The second kappa shape index (κ2) is 7.50. The number of carbonyl (C=O) groups excluding carboxylic acids is 1. The summed E-state index contributed by atoms with van der Waals surface area (Å²) in [4.78, 5) is 21.8. The average molecular weight is 359 g/mol. The maximum absolute atomic E-state index is 11.8. The van der Waals surface area contributed by atoms with E-state index in [4.69, 9.17) is 0 Å². The molecule has 1 amide bonds. The Labute approximate surface area is 144 Å². The van der Waals surface area contributed by atoms with Crippen molar-refractivity contribution >= 4 is 46.1 Å². The number of carbonyl (C=O) groups is 1. The Morgan fingerprint density at radius 3 is 2.77 bits per heavy atom. The summed E-state index contributed by atoms with van der Waals surface area (Å²) >= 11 is 3.08. The van der Waals surface area contributed by atoms with Gasteiger partial charge in [-0.25, -0.2) is 9.97 Å². The van der Waals surface area contributed by atoms with Crippen molar-refractivity contribution in [2.45, 2.75) is 26.7 Å². The SMILES string of the molecule is Cc1nc(C)c(-c2csc(NC(=O)CNCC3CC3)n2)s1.Cl. The van der Waals surface area contributed by atoms with Crippen molar-refractivity contribution in [3.63, 3.8) is 0 Å². The van der Waals surface area contributed by atoms with E-state index in [2.05, 4.69) is 20.6 Å². The highest BCUT2D eigenvalue weighted by atomic mass is 35.5. The molecule has 0 saturated heterocycles. The standard InChI is InChI=1S/C14H18N4OS2.ClH/c1-8-13(21-9(2)16-8)11-7-20-14(17-11)18-12(19)6-15-5-10-3-4-10;/h7,10,15H,3-6H2,1-2H3,(H,17,18,19);1H. The Hall–Kier alpha value is -1.02. The van der Waals surface area contributed by atoms with Gasteiger partial charge in [0.2, 0.25) is 5.91 Å². The first-order chi connectivity index (χ1) is 10.1. The average Bonchev–Trinajstić information content (AvgIpc) is 3.03. The van der Waals surface area contributed by atoms with Crippen LogP contribution in [0.15, 0.2) is 5.38 Å². The Morgan fingerprint density at radius 1 is 1.36 bits per heavy atom. The highest BCUT2D eigenvalue weighted by Gasteiger charge is 2.20. The lowest BCUT2D eigenvalue weighted by molar-refractivity contribution is -0.115. The van der Waals surface area contributed by atoms with Crippen LogP contribution in [0, 0.1) is 19.8 Å². The van der Waals surface area contributed by atoms with Gasteiger partial charge in [0.25, 0.3) is 0 Å². The molecule has 2 aromatic rings. The fourth-order valence-corrected chi connectivity index (χ4v) is 3.75. The molecule has 0 unspecified atom stereocenters. The number of halogens is 1. The van der Waals surface area contributed by atoms with Crippen LogP contribution < -0.4 is 10.6 Å². The van der Waals surface area contributed by atoms with Gasteiger partial charge >= 0.3 is 0 Å². The van der Waals surface area contributed by atoms with Gasteiger partial charge in [0.05, 0.1) is 27.8 Å². The summed E-state index contributed by atoms with van der Waals surface area (Å²) < 4.78 is 0. The van der Waals surface area contributed by atoms with Gasteiger partial charge < -0.3 is 10.6 Å². The predicted molar refractivity (Wildman–Crippen MR) is 94.2 cm³/mol. The van der Waals surface area contributed by atoms with Gasteiger partial charge in [-0.05, 0) is 39.2 Å². The quantitative estimate of drug-likeness (QED) is 0.831. The van der Waals surface area contributed by atoms with E-state index in [1.54, 1.807) is 11.3 Å². The molecule has 1 saturated carbocycles. The third kappa shape index (κ3) is 4.49. The first kappa shape index (κ1) is 17.3. The molecular formula is C14H19ClN4OS2. The molecule has 0 aromatic carbocycles. The van der Waals surface area contributed by atoms with Crippen molar-refractivity contribution < 1.29 is 4.79 Å². The second-order valence-corrected chi connectivity index (χ2v) is 7.37. The summed E-state index contributed by atoms with van der Waals surface area (Å²) in [7, 11) is 0. The van der Waals surface area contributed by atoms with Crippen LogP contribution in [0.1, 0.15) is 23.5 Å². The lowest BCUT2D eigenvalue weighted by Gasteiger charge is -2.03. The van der Waals surface area contributed by atoms with E-state index < -0.39 is 0 Å². The van der Waals surface area contributed by atoms with Crippen LogP contribution in [-0.4, -0.2) is 29.0 Å². The number of anilines is 1. The first-order valence-electron chi connectivity index (χ1n) is 7.02. The highest BCUT2D eigenvalue weighted by Crippen LogP contribution is 2.32. The third-order valence-electron chi connectivity index (χ3n) is 3.30. The molecule has 8 heteroatoms. The molecule has 0 bridgehead atoms. The molecule has 0 aliphatic heterocycles. The lowest BCUT2D eigenvalue weighted by Crippen LogP contribution is -2.29. The van der Waals surface area contributed by atoms with Crippen LogP contribution in [0.2, 0.25) is 0 Å². The Bertz CT molecular complexity index is 651. The maximum atomic E-state index is 11.8. The topological polar surface area (TPSA) is 66.9 Å². The highest BCUT2D eigenvalue weighted by molar-refractivity contribution is 7.16. The van der Waals surface area contributed by atoms with Crippen LogP contribution in [0.5, 0.6) is 0 Å². The van der Waals surface area contributed by atoms with E-state index in [0.29, 0.717) is 11.7 Å². The van der Waals surface area contributed by atoms with E-state index in [1.807, 2.05) is 19.2 Å². The Kier molecular flexibility index (Phi) is 5.91. The van der Waals surface area contributed by atoms with Crippen LogP contribution in [-0.2, 0) is 4.79 Å². The van der Waals surface area contributed by atoms with E-state index in [9.17, 15) is 4.79 Å². The molecule has 0 spiro atoms. The number of amides is 1. The van der Waals surface area contributed by atoms with E-state index in [-0.39, 0.29) is 18.3 Å². The smallest absolute Gasteiger partial charge is 0.240 e. The molecule has 1 aliphatic rings. The third-order valence-corrected chi connectivity index (χ3v) is 5.16. The van der Waals surface area contributed by atoms with Gasteiger partial charge in [0.1, 0.15) is 0 Å². The molecule has 1 fully saturated rings. The van der Waals surface area contributed by atoms with Gasteiger partial charge in [-0.2, -0.15) is 0 Å². The minimum Gasteiger partial charge on any atom is -0.308 e. The van der Waals surface area contributed by atoms with Crippen molar-refractivity contribution in [1.82, 2.24) is 15.3 Å². The minimum absolute atomic E-state index is 0. The number of nitrogens with one attached hydrogen (secondary N) is 2. The summed E-state index contributed by atoms with van der Waals surface area (Å²) in [5, 5.41) is 9.66. The monoisotopic (exact) mass is 358 g/mol. The van der Waals surface area contributed by atoms with Gasteiger partial charge in [0, 0.05) is 5.38 Å². The number of hydrogen-bond donors (Lipinski definition) is 2. The van der Waals surface area contributed by atoms with Crippen LogP contribution >= 0.6 is 35.1 Å². The number of aromatic nitrogens is 2. The molecule has 5 nitrogen and oxygen atoms in total. The van der Waals surface area contributed by atoms with E-state index >= 15 is 0 Å². The second-order valence-electron chi connectivity index (χ2n) is 5.31. The molecule has 3 rings (SSSR count). The minimum atomic E-state index is -0.0336. The van der Waals surface area contributed by atoms with Crippen LogP contribution in [0.3, 0.4) is 0 Å². The summed E-state index contributed by atoms with van der Waals surface area (Å²) in [6, 6.07) is 0. The van der Waals surface area contributed by atoms with Gasteiger partial charge in [-0.3, -0.25) is 4.79 Å². The normalized spacial score (nSPS) is 13.7. The number of thiazole rings is 2. The number of hydrogen-bond acceptors (Lipinski definition) is 6. The zero-order valence-electron chi connectivity index (χ0n) is 12.5. The molecule has 0 radical (unpaired) electrons. The molecule has 2 aromatic heterocycles. The number of rotatable bonds is 6. The molecule has 0 atom stereocenters. The molecule has 2 N–H and O–H groups in total. The summed E-state index contributed by atoms with van der Waals surface area (Å²) in [5.74, 6) is 0.746. The molecule has 120 valence electrons. The van der Waals surface area contributed by atoms with E-state index in [0.717, 1.165) is 33.7 Å². The molecular weight excluding hydrogens is 340 g/mol. The van der Waals surface area contributed by atoms with Gasteiger partial charge in [-0.1, -0.05) is 0 Å². The Balaban J connectivity index is 0.00000176. The molecule has 1 aliphatic carbocycles. The summed E-state index contributed by atoms with van der Waals surface area (Å²) in [6.45, 7) is 5.26. The zero-order chi connectivity index (χ0) is 14.8. The predicted octanol–water partition coefficient (Wildman–Crippen LogP) is 3.24. The van der Waals surface area contributed by atoms with Crippen molar-refractivity contribution in [2.75, 3.05) is 18.4 Å². The van der Waals surface area contributed by atoms with E-state index in [1.165, 1.54) is 24.2 Å². The fourth-order valence-electron chi connectivity index (χ4n) is 2.08.